The summed E-state index contributed by atoms with van der Waals surface area (Å²) in [6, 6.07) is 4.87. The largest absolute Gasteiger partial charge is 0.325 e. The molecule has 90 valence electrons. The first kappa shape index (κ1) is 13.5. The van der Waals surface area contributed by atoms with Crippen molar-refractivity contribution in [1.82, 2.24) is 0 Å². The Morgan fingerprint density at radius 2 is 1.94 bits per heavy atom. The van der Waals surface area contributed by atoms with E-state index < -0.39 is 15.4 Å². The molecule has 5 heteroatoms. The molecule has 0 aliphatic carbocycles. The molecule has 0 aliphatic heterocycles. The van der Waals surface area contributed by atoms with Crippen LogP contribution in [0.4, 0.5) is 0 Å². The molecule has 0 aromatic heterocycles. The lowest BCUT2D eigenvalue weighted by Crippen LogP contribution is -2.35. The second-order valence-corrected chi connectivity index (χ2v) is 7.05. The maximum atomic E-state index is 11.6. The van der Waals surface area contributed by atoms with Gasteiger partial charge in [-0.1, -0.05) is 17.7 Å². The van der Waals surface area contributed by atoms with E-state index in [1.807, 2.05) is 13.8 Å². The van der Waals surface area contributed by atoms with Crippen molar-refractivity contribution < 1.29 is 8.42 Å². The summed E-state index contributed by atoms with van der Waals surface area (Å²) in [4.78, 5) is 0.263. The normalized spacial score (nSPS) is 12.8. The molecule has 3 nitrogen and oxygen atoms in total. The Hall–Kier alpha value is -0.580. The first-order chi connectivity index (χ1) is 7.11. The lowest BCUT2D eigenvalue weighted by molar-refractivity contribution is 0.511. The number of nitrogens with two attached hydrogens (primary N) is 1. The summed E-state index contributed by atoms with van der Waals surface area (Å²) in [5.74, 6) is 0. The summed E-state index contributed by atoms with van der Waals surface area (Å²) in [6.07, 6.45) is 1.60. The van der Waals surface area contributed by atoms with E-state index in [1.54, 1.807) is 18.2 Å². The van der Waals surface area contributed by atoms with Crippen LogP contribution in [0.15, 0.2) is 23.1 Å². The smallest absolute Gasteiger partial charge is 0.175 e. The van der Waals surface area contributed by atoms with Crippen molar-refractivity contribution >= 4 is 21.4 Å². The molecule has 16 heavy (non-hydrogen) atoms. The van der Waals surface area contributed by atoms with E-state index in [4.69, 9.17) is 17.3 Å². The summed E-state index contributed by atoms with van der Waals surface area (Å²) in [5.41, 5.74) is 6.00. The number of hydrogen-bond donors (Lipinski definition) is 1. The maximum absolute atomic E-state index is 11.6. The van der Waals surface area contributed by atoms with Crippen molar-refractivity contribution in [3.63, 3.8) is 0 Å². The molecule has 0 bridgehead atoms. The Labute approximate surface area is 102 Å². The van der Waals surface area contributed by atoms with E-state index in [9.17, 15) is 8.42 Å². The third kappa shape index (κ3) is 3.47. The van der Waals surface area contributed by atoms with Crippen LogP contribution in [-0.2, 0) is 16.3 Å². The quantitative estimate of drug-likeness (QED) is 0.906. The second kappa shape index (κ2) is 4.35. The fourth-order valence-electron chi connectivity index (χ4n) is 1.51. The first-order valence-electron chi connectivity index (χ1n) is 4.87. The van der Waals surface area contributed by atoms with Gasteiger partial charge >= 0.3 is 0 Å². The first-order valence-corrected chi connectivity index (χ1v) is 7.14. The van der Waals surface area contributed by atoms with Crippen LogP contribution < -0.4 is 5.73 Å². The molecule has 0 aliphatic rings. The minimum Gasteiger partial charge on any atom is -0.325 e. The Morgan fingerprint density at radius 1 is 1.38 bits per heavy atom. The number of halogens is 1. The Balaban J connectivity index is 3.36. The molecule has 0 saturated carbocycles. The fourth-order valence-corrected chi connectivity index (χ4v) is 2.77. The van der Waals surface area contributed by atoms with Gasteiger partial charge in [0, 0.05) is 16.8 Å². The molecule has 0 amide bonds. The van der Waals surface area contributed by atoms with Crippen molar-refractivity contribution in [2.45, 2.75) is 30.7 Å². The van der Waals surface area contributed by atoms with E-state index in [0.717, 1.165) is 0 Å². The topological polar surface area (TPSA) is 60.2 Å². The van der Waals surface area contributed by atoms with E-state index in [-0.39, 0.29) is 4.90 Å². The van der Waals surface area contributed by atoms with Crippen molar-refractivity contribution in [3.05, 3.63) is 28.8 Å². The molecule has 0 unspecified atom stereocenters. The highest BCUT2D eigenvalue weighted by atomic mass is 35.5. The molecule has 1 aromatic carbocycles. The van der Waals surface area contributed by atoms with Crippen LogP contribution in [0.25, 0.3) is 0 Å². The van der Waals surface area contributed by atoms with Crippen LogP contribution in [0.3, 0.4) is 0 Å². The molecule has 1 rings (SSSR count). The van der Waals surface area contributed by atoms with Crippen LogP contribution in [0.2, 0.25) is 5.02 Å². The SMILES string of the molecule is CC(C)(N)Cc1c(Cl)cccc1S(C)(=O)=O. The summed E-state index contributed by atoms with van der Waals surface area (Å²) in [5, 5.41) is 0.446. The zero-order chi connectivity index (χ0) is 12.6. The molecule has 0 radical (unpaired) electrons. The van der Waals surface area contributed by atoms with Crippen LogP contribution in [0, 0.1) is 0 Å². The molecular formula is C11H16ClNO2S. The van der Waals surface area contributed by atoms with Gasteiger partial charge in [-0.15, -0.1) is 0 Å². The van der Waals surface area contributed by atoms with Crippen molar-refractivity contribution in [3.8, 4) is 0 Å². The number of hydrogen-bond acceptors (Lipinski definition) is 3. The van der Waals surface area contributed by atoms with Crippen LogP contribution >= 0.6 is 11.6 Å². The molecule has 0 fully saturated rings. The molecule has 2 N–H and O–H groups in total. The van der Waals surface area contributed by atoms with E-state index >= 15 is 0 Å². The highest BCUT2D eigenvalue weighted by Gasteiger charge is 2.21. The molecular weight excluding hydrogens is 246 g/mol. The number of sulfone groups is 1. The van der Waals surface area contributed by atoms with Gasteiger partial charge in [0.1, 0.15) is 0 Å². The maximum Gasteiger partial charge on any atom is 0.175 e. The van der Waals surface area contributed by atoms with Gasteiger partial charge in [0.05, 0.1) is 4.90 Å². The Kier molecular flexibility index (Phi) is 3.67. The third-order valence-corrected chi connectivity index (χ3v) is 3.64. The van der Waals surface area contributed by atoms with Crippen molar-refractivity contribution in [2.75, 3.05) is 6.26 Å². The molecule has 0 spiro atoms. The zero-order valence-corrected chi connectivity index (χ0v) is 11.2. The zero-order valence-electron chi connectivity index (χ0n) is 9.62. The van der Waals surface area contributed by atoms with E-state index in [1.165, 1.54) is 6.26 Å². The summed E-state index contributed by atoms with van der Waals surface area (Å²) in [6.45, 7) is 3.67. The lowest BCUT2D eigenvalue weighted by atomic mass is 9.96. The average Bonchev–Trinajstić information content (AvgIpc) is 2.04. The highest BCUT2D eigenvalue weighted by Crippen LogP contribution is 2.27. The molecule has 0 saturated heterocycles. The van der Waals surface area contributed by atoms with Crippen LogP contribution in [0.1, 0.15) is 19.4 Å². The molecule has 1 aromatic rings. The predicted octanol–water partition coefficient (Wildman–Crippen LogP) is 2.02. The lowest BCUT2D eigenvalue weighted by Gasteiger charge is -2.21. The van der Waals surface area contributed by atoms with Gasteiger partial charge in [-0.05, 0) is 38.0 Å². The number of benzene rings is 1. The average molecular weight is 262 g/mol. The third-order valence-electron chi connectivity index (χ3n) is 2.11. The van der Waals surface area contributed by atoms with Gasteiger partial charge in [-0.25, -0.2) is 8.42 Å². The summed E-state index contributed by atoms with van der Waals surface area (Å²) < 4.78 is 23.2. The Bertz CT molecular complexity index is 489. The van der Waals surface area contributed by atoms with Crippen molar-refractivity contribution in [2.24, 2.45) is 5.73 Å². The minimum atomic E-state index is -3.27. The number of rotatable bonds is 3. The molecule has 0 atom stereocenters. The van der Waals surface area contributed by atoms with Crippen LogP contribution in [-0.4, -0.2) is 20.2 Å². The summed E-state index contributed by atoms with van der Waals surface area (Å²) >= 11 is 6.02. The van der Waals surface area contributed by atoms with E-state index in [2.05, 4.69) is 0 Å². The second-order valence-electron chi connectivity index (χ2n) is 4.65. The van der Waals surface area contributed by atoms with Gasteiger partial charge in [-0.2, -0.15) is 0 Å². The van der Waals surface area contributed by atoms with Gasteiger partial charge in [0.15, 0.2) is 9.84 Å². The van der Waals surface area contributed by atoms with Gasteiger partial charge in [0.25, 0.3) is 0 Å². The van der Waals surface area contributed by atoms with E-state index in [0.29, 0.717) is 17.0 Å². The Morgan fingerprint density at radius 3 is 2.38 bits per heavy atom. The fraction of sp³-hybridized carbons (Fsp3) is 0.455. The van der Waals surface area contributed by atoms with Gasteiger partial charge in [0.2, 0.25) is 0 Å². The van der Waals surface area contributed by atoms with Gasteiger partial charge < -0.3 is 5.73 Å². The van der Waals surface area contributed by atoms with Crippen molar-refractivity contribution in [1.29, 1.82) is 0 Å². The minimum absolute atomic E-state index is 0.263. The summed E-state index contributed by atoms with van der Waals surface area (Å²) in [7, 11) is -3.27. The molecule has 0 heterocycles. The van der Waals surface area contributed by atoms with Crippen LogP contribution in [0.5, 0.6) is 0 Å². The van der Waals surface area contributed by atoms with Gasteiger partial charge in [-0.3, -0.25) is 0 Å². The predicted molar refractivity (Wildman–Crippen MR) is 66.5 cm³/mol. The monoisotopic (exact) mass is 261 g/mol. The standard InChI is InChI=1S/C11H16ClNO2S/c1-11(2,13)7-8-9(12)5-4-6-10(8)16(3,14)15/h4-6H,7,13H2,1-3H3. The highest BCUT2D eigenvalue weighted by molar-refractivity contribution is 7.90.